The van der Waals surface area contributed by atoms with E-state index < -0.39 is 36.0 Å². The number of aliphatic hydroxyl groups is 1. The van der Waals surface area contributed by atoms with Gasteiger partial charge in [0.1, 0.15) is 24.1 Å². The number of ether oxygens (including phenoxy) is 2. The number of amides is 3. The first kappa shape index (κ1) is 41.1. The number of fused-ring (bicyclic) bond motifs is 1. The van der Waals surface area contributed by atoms with E-state index in [1.165, 1.54) is 0 Å². The van der Waals surface area contributed by atoms with E-state index in [1.807, 2.05) is 119 Å². The second-order valence-electron chi connectivity index (χ2n) is 14.6. The zero-order valence-electron chi connectivity index (χ0n) is 32.0. The minimum absolute atomic E-state index is 0.0727. The summed E-state index contributed by atoms with van der Waals surface area (Å²) in [6, 6.07) is 28.6. The van der Waals surface area contributed by atoms with Crippen LogP contribution in [-0.2, 0) is 33.1 Å². The third-order valence-electron chi connectivity index (χ3n) is 9.65. The van der Waals surface area contributed by atoms with Crippen LogP contribution in [0.3, 0.4) is 0 Å². The van der Waals surface area contributed by atoms with Crippen molar-refractivity contribution in [2.24, 2.45) is 5.92 Å². The molecule has 2 unspecified atom stereocenters. The summed E-state index contributed by atoms with van der Waals surface area (Å²) < 4.78 is 11.7. The van der Waals surface area contributed by atoms with E-state index in [0.717, 1.165) is 27.8 Å². The van der Waals surface area contributed by atoms with Crippen LogP contribution in [0, 0.1) is 19.8 Å². The molecule has 1 heterocycles. The van der Waals surface area contributed by atoms with Gasteiger partial charge in [-0.15, -0.1) is 11.6 Å². The van der Waals surface area contributed by atoms with Gasteiger partial charge in [-0.2, -0.15) is 0 Å². The number of benzene rings is 4. The normalized spacial score (nSPS) is 14.3. The first-order valence-electron chi connectivity index (χ1n) is 18.9. The van der Waals surface area contributed by atoms with Crippen LogP contribution in [0.5, 0.6) is 11.5 Å². The fourth-order valence-corrected chi connectivity index (χ4v) is 7.06. The number of carbonyl (C=O) groups is 3. The van der Waals surface area contributed by atoms with Crippen molar-refractivity contribution in [3.05, 3.63) is 137 Å². The smallest absolute Gasteiger partial charge is 0.258 e. The number of aryl methyl sites for hydroxylation is 2. The molecule has 290 valence electrons. The van der Waals surface area contributed by atoms with Crippen molar-refractivity contribution in [3.8, 4) is 11.5 Å². The van der Waals surface area contributed by atoms with Crippen LogP contribution in [0.4, 0.5) is 0 Å². The Bertz CT molecular complexity index is 1910. The summed E-state index contributed by atoms with van der Waals surface area (Å²) in [4.78, 5) is 41.4. The first-order valence-corrected chi connectivity index (χ1v) is 19.4. The Morgan fingerprint density at radius 2 is 1.45 bits per heavy atom. The van der Waals surface area contributed by atoms with E-state index >= 15 is 0 Å². The Labute approximate surface area is 329 Å². The van der Waals surface area contributed by atoms with Crippen molar-refractivity contribution < 1.29 is 29.0 Å². The van der Waals surface area contributed by atoms with E-state index in [-0.39, 0.29) is 37.3 Å². The number of alkyl halides is 1. The van der Waals surface area contributed by atoms with Gasteiger partial charge in [0.05, 0.1) is 12.1 Å². The summed E-state index contributed by atoms with van der Waals surface area (Å²) >= 11 is 6.10. The molecule has 4 aromatic carbocycles. The molecule has 4 atom stereocenters. The Kier molecular flexibility index (Phi) is 14.9. The number of hydrogen-bond donors (Lipinski definition) is 4. The number of rotatable bonds is 18. The molecule has 0 aliphatic carbocycles. The third-order valence-corrected chi connectivity index (χ3v) is 9.96. The number of nitrogens with one attached hydrogen (secondary N) is 3. The molecule has 0 bridgehead atoms. The standard InChI is InChI=1S/C45H52ClN3O6/c1-29(2)22-39(49-44(52)36-20-21-54-41-19-18-34(27-46)24-37(36)41)45(53)48-38(25-33-16-9-6-10-17-33)40(50)26-35(23-32-14-7-5-8-15-32)47-42(51)28-55-43-30(3)12-11-13-31(43)4/h5-20,24,29,35,38-40,50H,21-23,25-28H2,1-4H3,(H,47,51)(H,48,53)(H,49,52)/t35-,38-,39?,40?/m1/s1. The summed E-state index contributed by atoms with van der Waals surface area (Å²) in [5.41, 5.74) is 5.65. The van der Waals surface area contributed by atoms with E-state index in [2.05, 4.69) is 16.0 Å². The molecule has 1 aliphatic rings. The van der Waals surface area contributed by atoms with Gasteiger partial charge < -0.3 is 30.5 Å². The predicted molar refractivity (Wildman–Crippen MR) is 217 cm³/mol. The van der Waals surface area contributed by atoms with Crippen molar-refractivity contribution >= 4 is 34.9 Å². The molecule has 10 heteroatoms. The number of halogens is 1. The van der Waals surface area contributed by atoms with Gasteiger partial charge in [-0.1, -0.05) is 98.8 Å². The predicted octanol–water partition coefficient (Wildman–Crippen LogP) is 6.63. The molecule has 55 heavy (non-hydrogen) atoms. The third kappa shape index (κ3) is 11.9. The van der Waals surface area contributed by atoms with Gasteiger partial charge in [0.2, 0.25) is 5.91 Å². The van der Waals surface area contributed by atoms with Crippen molar-refractivity contribution in [3.63, 3.8) is 0 Å². The van der Waals surface area contributed by atoms with Crippen LogP contribution in [-0.4, -0.2) is 60.3 Å². The first-order chi connectivity index (χ1) is 26.5. The lowest BCUT2D eigenvalue weighted by Crippen LogP contribution is -2.54. The zero-order chi connectivity index (χ0) is 39.3. The molecule has 0 fully saturated rings. The monoisotopic (exact) mass is 765 g/mol. The highest BCUT2D eigenvalue weighted by Gasteiger charge is 2.31. The van der Waals surface area contributed by atoms with Crippen LogP contribution in [0.1, 0.15) is 60.1 Å². The molecular weight excluding hydrogens is 714 g/mol. The SMILES string of the molecule is Cc1cccc(C)c1OCC(=O)N[C@H](Cc1ccccc1)CC(O)[C@@H](Cc1ccccc1)NC(=O)C(CC(C)C)NC(=O)C1=CCOc2ccc(CCl)cc21. The summed E-state index contributed by atoms with van der Waals surface area (Å²) in [7, 11) is 0. The van der Waals surface area contributed by atoms with E-state index in [1.54, 1.807) is 12.1 Å². The second-order valence-corrected chi connectivity index (χ2v) is 14.9. The molecule has 5 rings (SSSR count). The second kappa shape index (κ2) is 20.0. The molecular formula is C45H52ClN3O6. The molecule has 0 spiro atoms. The minimum Gasteiger partial charge on any atom is -0.489 e. The van der Waals surface area contributed by atoms with Crippen LogP contribution in [0.2, 0.25) is 0 Å². The summed E-state index contributed by atoms with van der Waals surface area (Å²) in [5.74, 6) is 0.475. The quantitative estimate of drug-likeness (QED) is 0.0843. The molecule has 0 saturated heterocycles. The van der Waals surface area contributed by atoms with Crippen LogP contribution < -0.4 is 25.4 Å². The van der Waals surface area contributed by atoms with Gasteiger partial charge in [0.15, 0.2) is 6.61 Å². The molecule has 1 aliphatic heterocycles. The fraction of sp³-hybridized carbons (Fsp3) is 0.356. The number of hydrogen-bond acceptors (Lipinski definition) is 6. The lowest BCUT2D eigenvalue weighted by molar-refractivity contribution is -0.128. The highest BCUT2D eigenvalue weighted by atomic mass is 35.5. The van der Waals surface area contributed by atoms with Gasteiger partial charge in [0.25, 0.3) is 11.8 Å². The lowest BCUT2D eigenvalue weighted by Gasteiger charge is -2.30. The molecule has 3 amide bonds. The van der Waals surface area contributed by atoms with Crippen molar-refractivity contribution in [1.29, 1.82) is 0 Å². The van der Waals surface area contributed by atoms with Crippen molar-refractivity contribution in [2.45, 2.75) is 83.5 Å². The zero-order valence-corrected chi connectivity index (χ0v) is 32.8. The average Bonchev–Trinajstić information content (AvgIpc) is 3.17. The van der Waals surface area contributed by atoms with Gasteiger partial charge in [-0.3, -0.25) is 14.4 Å². The lowest BCUT2D eigenvalue weighted by atomic mass is 9.93. The van der Waals surface area contributed by atoms with Crippen LogP contribution in [0.15, 0.2) is 103 Å². The maximum absolute atomic E-state index is 14.2. The number of para-hydroxylation sites is 1. The summed E-state index contributed by atoms with van der Waals surface area (Å²) in [6.45, 7) is 7.88. The Hall–Kier alpha value is -5.12. The van der Waals surface area contributed by atoms with Gasteiger partial charge in [-0.25, -0.2) is 0 Å². The van der Waals surface area contributed by atoms with Crippen LogP contribution in [0.25, 0.3) is 5.57 Å². The molecule has 4 aromatic rings. The Morgan fingerprint density at radius 1 is 0.800 bits per heavy atom. The van der Waals surface area contributed by atoms with Crippen molar-refractivity contribution in [1.82, 2.24) is 16.0 Å². The van der Waals surface area contributed by atoms with Crippen molar-refractivity contribution in [2.75, 3.05) is 13.2 Å². The maximum Gasteiger partial charge on any atom is 0.258 e. The van der Waals surface area contributed by atoms with Gasteiger partial charge >= 0.3 is 0 Å². The van der Waals surface area contributed by atoms with E-state index in [0.29, 0.717) is 41.9 Å². The molecule has 4 N–H and O–H groups in total. The molecule has 9 nitrogen and oxygen atoms in total. The number of carbonyl (C=O) groups excluding carboxylic acids is 3. The van der Waals surface area contributed by atoms with Crippen LogP contribution >= 0.6 is 11.6 Å². The molecule has 0 radical (unpaired) electrons. The molecule has 0 saturated carbocycles. The average molecular weight is 766 g/mol. The Morgan fingerprint density at radius 3 is 2.09 bits per heavy atom. The largest absolute Gasteiger partial charge is 0.489 e. The fourth-order valence-electron chi connectivity index (χ4n) is 6.89. The highest BCUT2D eigenvalue weighted by Crippen LogP contribution is 2.32. The minimum atomic E-state index is -1.06. The topological polar surface area (TPSA) is 126 Å². The van der Waals surface area contributed by atoms with Gasteiger partial charge in [0, 0.05) is 23.1 Å². The number of aliphatic hydroxyl groups excluding tert-OH is 1. The van der Waals surface area contributed by atoms with E-state index in [4.69, 9.17) is 21.1 Å². The molecule has 0 aromatic heterocycles. The van der Waals surface area contributed by atoms with E-state index in [9.17, 15) is 19.5 Å². The summed E-state index contributed by atoms with van der Waals surface area (Å²) in [5, 5.41) is 21.1. The Balaban J connectivity index is 1.34. The van der Waals surface area contributed by atoms with Gasteiger partial charge in [-0.05, 0) is 91.5 Å². The maximum atomic E-state index is 14.2. The highest BCUT2D eigenvalue weighted by molar-refractivity contribution is 6.21. The summed E-state index contributed by atoms with van der Waals surface area (Å²) in [6.07, 6.45) is 1.95.